The molecule has 0 aromatic heterocycles. The van der Waals surface area contributed by atoms with Gasteiger partial charge in [0.05, 0.1) is 18.8 Å². The number of hydrogen-bond donors (Lipinski definition) is 2. The molecule has 2 saturated carbocycles. The van der Waals surface area contributed by atoms with Crippen molar-refractivity contribution in [2.24, 2.45) is 17.8 Å². The molecule has 21 heavy (non-hydrogen) atoms. The fourth-order valence-electron chi connectivity index (χ4n) is 4.15. The van der Waals surface area contributed by atoms with E-state index in [9.17, 15) is 5.11 Å². The van der Waals surface area contributed by atoms with Crippen LogP contribution in [0.3, 0.4) is 0 Å². The second-order valence-electron chi connectivity index (χ2n) is 7.87. The molecule has 0 bridgehead atoms. The summed E-state index contributed by atoms with van der Waals surface area (Å²) in [6.07, 6.45) is 9.21. The van der Waals surface area contributed by atoms with E-state index in [0.717, 1.165) is 18.5 Å². The molecular formula is C18H36NO2+. The zero-order valence-electron chi connectivity index (χ0n) is 14.3. The summed E-state index contributed by atoms with van der Waals surface area (Å²) in [6.45, 7) is 8.27. The minimum absolute atomic E-state index is 0.310. The highest BCUT2D eigenvalue weighted by Gasteiger charge is 2.32. The van der Waals surface area contributed by atoms with Crippen LogP contribution in [0.25, 0.3) is 0 Å². The Morgan fingerprint density at radius 1 is 1.14 bits per heavy atom. The highest BCUT2D eigenvalue weighted by atomic mass is 16.5. The van der Waals surface area contributed by atoms with Gasteiger partial charge in [0, 0.05) is 0 Å². The average molecular weight is 298 g/mol. The normalized spacial score (nSPS) is 32.7. The molecule has 0 heterocycles. The summed E-state index contributed by atoms with van der Waals surface area (Å²) in [6, 6.07) is 0.748. The van der Waals surface area contributed by atoms with Gasteiger partial charge in [0.15, 0.2) is 0 Å². The minimum Gasteiger partial charge on any atom is -0.385 e. The Kier molecular flexibility index (Phi) is 6.97. The van der Waals surface area contributed by atoms with Gasteiger partial charge < -0.3 is 15.2 Å². The maximum Gasteiger partial charge on any atom is 0.126 e. The molecule has 2 aliphatic rings. The predicted octanol–water partition coefficient (Wildman–Crippen LogP) is 2.33. The Morgan fingerprint density at radius 3 is 2.52 bits per heavy atom. The largest absolute Gasteiger partial charge is 0.385 e. The Morgan fingerprint density at radius 2 is 1.86 bits per heavy atom. The summed E-state index contributed by atoms with van der Waals surface area (Å²) < 4.78 is 6.13. The van der Waals surface area contributed by atoms with E-state index in [1.54, 1.807) is 0 Å². The lowest BCUT2D eigenvalue weighted by Crippen LogP contribution is -2.91. The molecule has 0 aromatic rings. The van der Waals surface area contributed by atoms with Crippen molar-refractivity contribution < 1.29 is 15.2 Å². The molecule has 0 unspecified atom stereocenters. The maximum atomic E-state index is 10.2. The van der Waals surface area contributed by atoms with Crippen molar-refractivity contribution in [3.05, 3.63) is 0 Å². The van der Waals surface area contributed by atoms with Crippen LogP contribution in [0.4, 0.5) is 0 Å². The Hall–Kier alpha value is -0.120. The van der Waals surface area contributed by atoms with Gasteiger partial charge in [-0.2, -0.15) is 0 Å². The van der Waals surface area contributed by atoms with Gasteiger partial charge in [-0.1, -0.05) is 27.2 Å². The van der Waals surface area contributed by atoms with Crippen LogP contribution in [0, 0.1) is 17.8 Å². The van der Waals surface area contributed by atoms with E-state index >= 15 is 0 Å². The number of nitrogens with two attached hydrogens (primary N) is 1. The Labute approximate surface area is 130 Å². The van der Waals surface area contributed by atoms with Crippen molar-refractivity contribution >= 4 is 0 Å². The van der Waals surface area contributed by atoms with Crippen molar-refractivity contribution in [3.63, 3.8) is 0 Å². The number of quaternary nitrogens is 1. The van der Waals surface area contributed by atoms with Gasteiger partial charge in [-0.05, 0) is 56.3 Å². The van der Waals surface area contributed by atoms with Crippen LogP contribution in [0.1, 0.15) is 65.7 Å². The highest BCUT2D eigenvalue weighted by Crippen LogP contribution is 2.35. The lowest BCUT2D eigenvalue weighted by atomic mass is 9.75. The summed E-state index contributed by atoms with van der Waals surface area (Å²) in [7, 11) is 0. The Balaban J connectivity index is 1.69. The first-order valence-electron chi connectivity index (χ1n) is 9.19. The van der Waals surface area contributed by atoms with Crippen LogP contribution in [0.5, 0.6) is 0 Å². The SMILES string of the molecule is CC(C)[C@H]1CC[C@@H](C)C[C@H]1OC[C@H](O)C[NH2+]C1CCCC1. The quantitative estimate of drug-likeness (QED) is 0.758. The molecule has 3 N–H and O–H groups in total. The standard InChI is InChI=1S/C18H35NO2/c1-13(2)17-9-8-14(3)10-18(17)21-12-16(20)11-19-15-6-4-5-7-15/h13-20H,4-12H2,1-3H3/p+1/t14-,16-,17-,18-/m1/s1. The summed E-state index contributed by atoms with van der Waals surface area (Å²) in [5.41, 5.74) is 0. The second-order valence-corrected chi connectivity index (χ2v) is 7.87. The van der Waals surface area contributed by atoms with E-state index in [1.807, 2.05) is 0 Å². The monoisotopic (exact) mass is 298 g/mol. The molecule has 3 heteroatoms. The van der Waals surface area contributed by atoms with E-state index in [1.165, 1.54) is 44.9 Å². The van der Waals surface area contributed by atoms with Crippen molar-refractivity contribution in [3.8, 4) is 0 Å². The van der Waals surface area contributed by atoms with Crippen molar-refractivity contribution in [2.75, 3.05) is 13.2 Å². The summed E-state index contributed by atoms with van der Waals surface area (Å²) in [5.74, 6) is 2.13. The topological polar surface area (TPSA) is 46.1 Å². The smallest absolute Gasteiger partial charge is 0.126 e. The van der Waals surface area contributed by atoms with Crippen molar-refractivity contribution in [2.45, 2.75) is 84.0 Å². The lowest BCUT2D eigenvalue weighted by Gasteiger charge is -2.37. The van der Waals surface area contributed by atoms with E-state index in [2.05, 4.69) is 26.1 Å². The number of aliphatic hydroxyl groups is 1. The first-order chi connectivity index (χ1) is 10.1. The first-order valence-corrected chi connectivity index (χ1v) is 9.19. The number of rotatable bonds is 7. The molecule has 3 nitrogen and oxygen atoms in total. The van der Waals surface area contributed by atoms with E-state index in [0.29, 0.717) is 24.5 Å². The van der Waals surface area contributed by atoms with Crippen LogP contribution in [0.15, 0.2) is 0 Å². The fourth-order valence-corrected chi connectivity index (χ4v) is 4.15. The third-order valence-electron chi connectivity index (χ3n) is 5.61. The van der Waals surface area contributed by atoms with Crippen LogP contribution >= 0.6 is 0 Å². The predicted molar refractivity (Wildman–Crippen MR) is 86.1 cm³/mol. The van der Waals surface area contributed by atoms with Gasteiger partial charge in [-0.3, -0.25) is 0 Å². The fraction of sp³-hybridized carbons (Fsp3) is 1.00. The number of hydrogen-bond acceptors (Lipinski definition) is 2. The third kappa shape index (κ3) is 5.54. The molecule has 124 valence electrons. The highest BCUT2D eigenvalue weighted by molar-refractivity contribution is 4.81. The molecule has 0 saturated heterocycles. The molecule has 4 atom stereocenters. The lowest BCUT2D eigenvalue weighted by molar-refractivity contribution is -0.693. The molecule has 0 spiro atoms. The number of aliphatic hydroxyl groups excluding tert-OH is 1. The molecule has 2 aliphatic carbocycles. The molecule has 0 aliphatic heterocycles. The van der Waals surface area contributed by atoms with Gasteiger partial charge in [0.25, 0.3) is 0 Å². The van der Waals surface area contributed by atoms with Gasteiger partial charge >= 0.3 is 0 Å². The molecule has 0 radical (unpaired) electrons. The third-order valence-corrected chi connectivity index (χ3v) is 5.61. The van der Waals surface area contributed by atoms with Crippen LogP contribution < -0.4 is 5.32 Å². The van der Waals surface area contributed by atoms with Crippen molar-refractivity contribution in [1.82, 2.24) is 0 Å². The van der Waals surface area contributed by atoms with Gasteiger partial charge in [-0.25, -0.2) is 0 Å². The second kappa shape index (κ2) is 8.50. The molecule has 0 aromatic carbocycles. The van der Waals surface area contributed by atoms with Crippen LogP contribution in [0.2, 0.25) is 0 Å². The molecular weight excluding hydrogens is 262 g/mol. The summed E-state index contributed by atoms with van der Waals surface area (Å²) in [5, 5.41) is 12.5. The minimum atomic E-state index is -0.310. The first kappa shape index (κ1) is 17.2. The molecule has 2 rings (SSSR count). The van der Waals surface area contributed by atoms with E-state index in [4.69, 9.17) is 4.74 Å². The van der Waals surface area contributed by atoms with Crippen molar-refractivity contribution in [1.29, 1.82) is 0 Å². The van der Waals surface area contributed by atoms with Gasteiger partial charge in [0.1, 0.15) is 12.6 Å². The molecule has 2 fully saturated rings. The average Bonchev–Trinajstić information content (AvgIpc) is 2.96. The Bertz CT molecular complexity index is 289. The zero-order chi connectivity index (χ0) is 15.2. The zero-order valence-corrected chi connectivity index (χ0v) is 14.3. The van der Waals surface area contributed by atoms with Crippen LogP contribution in [-0.4, -0.2) is 36.5 Å². The van der Waals surface area contributed by atoms with Crippen LogP contribution in [-0.2, 0) is 4.74 Å². The number of ether oxygens (including phenoxy) is 1. The molecule has 0 amide bonds. The maximum absolute atomic E-state index is 10.2. The summed E-state index contributed by atoms with van der Waals surface area (Å²) >= 11 is 0. The van der Waals surface area contributed by atoms with Gasteiger partial charge in [-0.15, -0.1) is 0 Å². The summed E-state index contributed by atoms with van der Waals surface area (Å²) in [4.78, 5) is 0. The van der Waals surface area contributed by atoms with Gasteiger partial charge in [0.2, 0.25) is 0 Å². The van der Waals surface area contributed by atoms with E-state index < -0.39 is 0 Å². The van der Waals surface area contributed by atoms with E-state index in [-0.39, 0.29) is 6.10 Å².